The van der Waals surface area contributed by atoms with Gasteiger partial charge in [-0.05, 0) is 43.4 Å². The smallest absolute Gasteiger partial charge is 0.315 e. The van der Waals surface area contributed by atoms with Crippen molar-refractivity contribution in [2.75, 3.05) is 31.1 Å². The summed E-state index contributed by atoms with van der Waals surface area (Å²) in [5, 5.41) is 0. The molecule has 3 nitrogen and oxygen atoms in total. The maximum atomic E-state index is 12.5. The maximum Gasteiger partial charge on any atom is 0.315 e. The van der Waals surface area contributed by atoms with Crippen molar-refractivity contribution in [3.05, 3.63) is 12.2 Å². The standard InChI is InChI=1S/C19H29NO2S/c1-13-4-3-5-19(2)11-17-14(10-16(13)19)15(18(21)22-17)12-20-6-8-23-9-7-20/h14-17H,1,3-12H2,2H3/p+1/t14-,15-,16+,17-,19-/m1/s1. The van der Waals surface area contributed by atoms with Crippen molar-refractivity contribution < 1.29 is 14.4 Å². The van der Waals surface area contributed by atoms with Crippen molar-refractivity contribution in [1.82, 2.24) is 0 Å². The van der Waals surface area contributed by atoms with Gasteiger partial charge in [-0.15, -0.1) is 0 Å². The topological polar surface area (TPSA) is 30.7 Å². The van der Waals surface area contributed by atoms with Crippen LogP contribution in [-0.2, 0) is 9.53 Å². The van der Waals surface area contributed by atoms with Crippen LogP contribution in [0.1, 0.15) is 39.0 Å². The lowest BCUT2D eigenvalue weighted by Crippen LogP contribution is -3.14. The minimum Gasteiger partial charge on any atom is -0.462 e. The zero-order valence-corrected chi connectivity index (χ0v) is 15.1. The molecule has 4 fully saturated rings. The number of carbonyl (C=O) groups excluding carboxylic acids is 1. The largest absolute Gasteiger partial charge is 0.462 e. The van der Waals surface area contributed by atoms with Crippen LogP contribution >= 0.6 is 11.8 Å². The van der Waals surface area contributed by atoms with Crippen molar-refractivity contribution in [2.24, 2.45) is 23.2 Å². The summed E-state index contributed by atoms with van der Waals surface area (Å²) in [6.45, 7) is 10.2. The van der Waals surface area contributed by atoms with E-state index in [4.69, 9.17) is 4.74 Å². The van der Waals surface area contributed by atoms with Crippen molar-refractivity contribution in [1.29, 1.82) is 0 Å². The van der Waals surface area contributed by atoms with E-state index < -0.39 is 0 Å². The number of carbonyl (C=O) groups is 1. The second-order valence-electron chi connectivity index (χ2n) is 8.47. The fraction of sp³-hybridized carbons (Fsp3) is 0.842. The molecule has 0 aromatic heterocycles. The molecule has 4 rings (SSSR count). The van der Waals surface area contributed by atoms with E-state index in [9.17, 15) is 4.79 Å². The van der Waals surface area contributed by atoms with Gasteiger partial charge in [0.15, 0.2) is 0 Å². The number of thioether (sulfide) groups is 1. The summed E-state index contributed by atoms with van der Waals surface area (Å²) in [6.07, 6.45) is 6.10. The van der Waals surface area contributed by atoms with E-state index in [1.807, 2.05) is 11.8 Å². The Bertz CT molecular complexity index is 502. The zero-order valence-electron chi connectivity index (χ0n) is 14.3. The Morgan fingerprint density at radius 3 is 2.96 bits per heavy atom. The molecule has 4 aliphatic rings. The molecule has 0 radical (unpaired) electrons. The first-order valence-corrected chi connectivity index (χ1v) is 10.5. The number of hydrogen-bond acceptors (Lipinski definition) is 3. The highest BCUT2D eigenvalue weighted by molar-refractivity contribution is 7.99. The van der Waals surface area contributed by atoms with Gasteiger partial charge in [0.25, 0.3) is 0 Å². The molecular formula is C19H30NO2S+. The molecule has 5 atom stereocenters. The van der Waals surface area contributed by atoms with Gasteiger partial charge in [-0.1, -0.05) is 19.1 Å². The molecule has 0 aromatic carbocycles. The van der Waals surface area contributed by atoms with Gasteiger partial charge in [-0.3, -0.25) is 4.79 Å². The molecule has 4 heteroatoms. The lowest BCUT2D eigenvalue weighted by atomic mass is 9.55. The third kappa shape index (κ3) is 2.86. The number of hydrogen-bond donors (Lipinski definition) is 1. The molecule has 0 bridgehead atoms. The summed E-state index contributed by atoms with van der Waals surface area (Å²) < 4.78 is 5.88. The summed E-state index contributed by atoms with van der Waals surface area (Å²) in [4.78, 5) is 14.2. The van der Waals surface area contributed by atoms with E-state index >= 15 is 0 Å². The summed E-state index contributed by atoms with van der Waals surface area (Å²) >= 11 is 2.05. The van der Waals surface area contributed by atoms with Crippen LogP contribution in [0.25, 0.3) is 0 Å². The Balaban J connectivity index is 1.50. The van der Waals surface area contributed by atoms with Gasteiger partial charge in [-0.2, -0.15) is 11.8 Å². The second-order valence-corrected chi connectivity index (χ2v) is 9.70. The van der Waals surface area contributed by atoms with Gasteiger partial charge in [0.1, 0.15) is 12.0 Å². The van der Waals surface area contributed by atoms with Crippen LogP contribution in [-0.4, -0.2) is 43.2 Å². The number of nitrogens with one attached hydrogen (secondary N) is 1. The van der Waals surface area contributed by atoms with Crippen LogP contribution in [0.15, 0.2) is 12.2 Å². The van der Waals surface area contributed by atoms with E-state index in [-0.39, 0.29) is 18.0 Å². The van der Waals surface area contributed by atoms with Gasteiger partial charge in [0.05, 0.1) is 19.6 Å². The number of esters is 1. The molecule has 128 valence electrons. The van der Waals surface area contributed by atoms with Gasteiger partial charge < -0.3 is 9.64 Å². The maximum absolute atomic E-state index is 12.5. The zero-order chi connectivity index (χ0) is 16.0. The number of ether oxygens (including phenoxy) is 1. The second kappa shape index (κ2) is 6.11. The van der Waals surface area contributed by atoms with Crippen molar-refractivity contribution in [2.45, 2.75) is 45.1 Å². The number of rotatable bonds is 2. The molecule has 0 amide bonds. The van der Waals surface area contributed by atoms with Gasteiger partial charge >= 0.3 is 5.97 Å². The number of allylic oxidation sites excluding steroid dienone is 1. The van der Waals surface area contributed by atoms with Gasteiger partial charge in [0.2, 0.25) is 0 Å². The Hall–Kier alpha value is -0.480. The molecule has 2 aliphatic carbocycles. The first kappa shape index (κ1) is 16.0. The van der Waals surface area contributed by atoms with Crippen molar-refractivity contribution in [3.63, 3.8) is 0 Å². The average Bonchev–Trinajstić information content (AvgIpc) is 2.81. The van der Waals surface area contributed by atoms with Crippen molar-refractivity contribution in [3.8, 4) is 0 Å². The van der Waals surface area contributed by atoms with Crippen LogP contribution < -0.4 is 4.90 Å². The fourth-order valence-corrected chi connectivity index (χ4v) is 6.73. The molecule has 0 spiro atoms. The molecule has 2 aliphatic heterocycles. The molecule has 23 heavy (non-hydrogen) atoms. The summed E-state index contributed by atoms with van der Waals surface area (Å²) in [5.74, 6) is 3.76. The highest BCUT2D eigenvalue weighted by Gasteiger charge is 2.55. The molecule has 1 N–H and O–H groups in total. The first-order chi connectivity index (χ1) is 11.1. The molecule has 2 heterocycles. The lowest BCUT2D eigenvalue weighted by Gasteiger charge is -2.50. The van der Waals surface area contributed by atoms with Crippen molar-refractivity contribution >= 4 is 17.7 Å². The molecular weight excluding hydrogens is 306 g/mol. The minimum atomic E-state index is 0.0959. The van der Waals surface area contributed by atoms with Crippen LogP contribution in [0.4, 0.5) is 0 Å². The highest BCUT2D eigenvalue weighted by atomic mass is 32.2. The molecule has 0 unspecified atom stereocenters. The van der Waals surface area contributed by atoms with E-state index in [0.29, 0.717) is 17.3 Å². The lowest BCUT2D eigenvalue weighted by molar-refractivity contribution is -0.899. The Morgan fingerprint density at radius 1 is 1.39 bits per heavy atom. The Kier molecular flexibility index (Phi) is 4.25. The SMILES string of the molecule is C=C1CCC[C@]2(C)C[C@H]3OC(=O)[C@H](C[NH+]4CCSCC4)[C@H]3C[C@@H]12. The fourth-order valence-electron chi connectivity index (χ4n) is 5.66. The van der Waals surface area contributed by atoms with Gasteiger partial charge in [0, 0.05) is 17.4 Å². The summed E-state index contributed by atoms with van der Waals surface area (Å²) in [6, 6.07) is 0. The predicted octanol–water partition coefficient (Wildman–Crippen LogP) is 1.93. The van der Waals surface area contributed by atoms with Gasteiger partial charge in [-0.25, -0.2) is 0 Å². The number of fused-ring (bicyclic) bond motifs is 2. The summed E-state index contributed by atoms with van der Waals surface area (Å²) in [5.41, 5.74) is 1.76. The van der Waals surface area contributed by atoms with Crippen LogP contribution in [0.3, 0.4) is 0 Å². The Labute approximate surface area is 144 Å². The highest BCUT2D eigenvalue weighted by Crippen LogP contribution is 2.56. The van der Waals surface area contributed by atoms with E-state index in [1.165, 1.54) is 49.4 Å². The Morgan fingerprint density at radius 2 is 2.17 bits per heavy atom. The van der Waals surface area contributed by atoms with Crippen LogP contribution in [0.2, 0.25) is 0 Å². The van der Waals surface area contributed by atoms with E-state index in [0.717, 1.165) is 19.4 Å². The quantitative estimate of drug-likeness (QED) is 0.617. The number of quaternary nitrogens is 1. The normalized spacial score (nSPS) is 44.6. The third-order valence-electron chi connectivity index (χ3n) is 7.03. The third-order valence-corrected chi connectivity index (χ3v) is 8.01. The van der Waals surface area contributed by atoms with Crippen LogP contribution in [0, 0.1) is 23.2 Å². The predicted molar refractivity (Wildman–Crippen MR) is 93.6 cm³/mol. The van der Waals surface area contributed by atoms with E-state index in [1.54, 1.807) is 4.90 Å². The first-order valence-electron chi connectivity index (χ1n) is 9.36. The monoisotopic (exact) mass is 336 g/mol. The van der Waals surface area contributed by atoms with Crippen LogP contribution in [0.5, 0.6) is 0 Å². The van der Waals surface area contributed by atoms with E-state index in [2.05, 4.69) is 13.5 Å². The minimum absolute atomic E-state index is 0.0959. The summed E-state index contributed by atoms with van der Waals surface area (Å²) in [7, 11) is 0. The average molecular weight is 337 g/mol. The molecule has 2 saturated heterocycles. The molecule has 0 aromatic rings. The molecule has 2 saturated carbocycles.